The van der Waals surface area contributed by atoms with E-state index in [0.29, 0.717) is 12.1 Å². The van der Waals surface area contributed by atoms with Crippen molar-refractivity contribution in [2.24, 2.45) is 5.92 Å². The van der Waals surface area contributed by atoms with E-state index in [2.05, 4.69) is 10.6 Å². The minimum Gasteiger partial charge on any atom is -0.349 e. The second-order valence-corrected chi connectivity index (χ2v) is 6.89. The fourth-order valence-corrected chi connectivity index (χ4v) is 2.89. The molecule has 4 nitrogen and oxygen atoms in total. The molecule has 0 fully saturated rings. The summed E-state index contributed by atoms with van der Waals surface area (Å²) in [6.07, 6.45) is 0. The lowest BCUT2D eigenvalue weighted by molar-refractivity contribution is -0.124. The summed E-state index contributed by atoms with van der Waals surface area (Å²) in [5.41, 5.74) is 1.59. The summed E-state index contributed by atoms with van der Waals surface area (Å²) in [6, 6.07) is 10.7. The Bertz CT molecular complexity index is 665. The van der Waals surface area contributed by atoms with Gasteiger partial charge in [-0.1, -0.05) is 37.6 Å². The largest absolute Gasteiger partial charge is 0.349 e. The molecule has 5 heteroatoms. The third-order valence-corrected chi connectivity index (χ3v) is 4.41. The Hall–Kier alpha value is -2.14. The molecule has 0 aliphatic carbocycles. The van der Waals surface area contributed by atoms with Crippen molar-refractivity contribution in [2.75, 3.05) is 0 Å². The normalized spacial score (nSPS) is 12.0. The molecular formula is C18H22N2O2S. The van der Waals surface area contributed by atoms with Gasteiger partial charge in [0, 0.05) is 10.4 Å². The zero-order valence-corrected chi connectivity index (χ0v) is 14.4. The highest BCUT2D eigenvalue weighted by Crippen LogP contribution is 2.10. The molecule has 0 saturated heterocycles. The van der Waals surface area contributed by atoms with Crippen LogP contribution in [-0.4, -0.2) is 17.9 Å². The predicted octanol–water partition coefficient (Wildman–Crippen LogP) is 3.13. The molecule has 0 aliphatic rings. The van der Waals surface area contributed by atoms with E-state index in [1.807, 2.05) is 56.5 Å². The Morgan fingerprint density at radius 2 is 1.96 bits per heavy atom. The van der Waals surface area contributed by atoms with Gasteiger partial charge < -0.3 is 10.6 Å². The number of hydrogen-bond donors (Lipinski definition) is 2. The number of nitrogens with one attached hydrogen (secondary N) is 2. The highest BCUT2D eigenvalue weighted by atomic mass is 32.1. The molecule has 1 aromatic carbocycles. The molecule has 0 spiro atoms. The van der Waals surface area contributed by atoms with Gasteiger partial charge in [0.15, 0.2) is 0 Å². The first kappa shape index (κ1) is 17.2. The maximum Gasteiger partial charge on any atom is 0.251 e. The third kappa shape index (κ3) is 4.93. The second kappa shape index (κ2) is 7.92. The molecule has 1 heterocycles. The summed E-state index contributed by atoms with van der Waals surface area (Å²) in [5.74, 6) is -0.375. The molecule has 0 radical (unpaired) electrons. The quantitative estimate of drug-likeness (QED) is 0.855. The summed E-state index contributed by atoms with van der Waals surface area (Å²) in [4.78, 5) is 25.8. The van der Waals surface area contributed by atoms with E-state index in [0.717, 1.165) is 10.4 Å². The molecule has 0 aliphatic heterocycles. The zero-order valence-electron chi connectivity index (χ0n) is 13.6. The van der Waals surface area contributed by atoms with Gasteiger partial charge in [-0.05, 0) is 36.4 Å². The number of thiophene rings is 1. The van der Waals surface area contributed by atoms with Gasteiger partial charge in [-0.15, -0.1) is 11.3 Å². The molecule has 23 heavy (non-hydrogen) atoms. The fourth-order valence-electron chi connectivity index (χ4n) is 2.24. The number of aryl methyl sites for hydroxylation is 1. The van der Waals surface area contributed by atoms with Gasteiger partial charge in [0.05, 0.1) is 6.54 Å². The molecular weight excluding hydrogens is 308 g/mol. The van der Waals surface area contributed by atoms with Crippen LogP contribution in [0.4, 0.5) is 0 Å². The van der Waals surface area contributed by atoms with Gasteiger partial charge in [0.1, 0.15) is 6.04 Å². The van der Waals surface area contributed by atoms with Crippen LogP contribution in [0.25, 0.3) is 0 Å². The first-order chi connectivity index (χ1) is 11.0. The van der Waals surface area contributed by atoms with Crippen LogP contribution in [0.2, 0.25) is 0 Å². The van der Waals surface area contributed by atoms with E-state index in [9.17, 15) is 9.59 Å². The van der Waals surface area contributed by atoms with Crippen molar-refractivity contribution in [3.8, 4) is 0 Å². The van der Waals surface area contributed by atoms with Crippen molar-refractivity contribution in [1.82, 2.24) is 10.6 Å². The van der Waals surface area contributed by atoms with Crippen molar-refractivity contribution in [3.05, 3.63) is 57.8 Å². The maximum atomic E-state index is 12.4. The lowest BCUT2D eigenvalue weighted by Crippen LogP contribution is -2.49. The van der Waals surface area contributed by atoms with Gasteiger partial charge in [0.2, 0.25) is 5.91 Å². The number of rotatable bonds is 6. The molecule has 2 amide bonds. The fraction of sp³-hybridized carbons (Fsp3) is 0.333. The molecule has 1 atom stereocenters. The topological polar surface area (TPSA) is 58.2 Å². The number of carbonyl (C=O) groups excluding carboxylic acids is 2. The highest BCUT2D eigenvalue weighted by Gasteiger charge is 2.24. The summed E-state index contributed by atoms with van der Waals surface area (Å²) >= 11 is 1.60. The van der Waals surface area contributed by atoms with Crippen molar-refractivity contribution >= 4 is 23.2 Å². The van der Waals surface area contributed by atoms with Crippen LogP contribution in [0, 0.1) is 12.8 Å². The summed E-state index contributed by atoms with van der Waals surface area (Å²) in [7, 11) is 0. The minimum absolute atomic E-state index is 0.00657. The van der Waals surface area contributed by atoms with Crippen LogP contribution in [0.15, 0.2) is 41.8 Å². The summed E-state index contributed by atoms with van der Waals surface area (Å²) < 4.78 is 0. The first-order valence-electron chi connectivity index (χ1n) is 7.65. The van der Waals surface area contributed by atoms with Crippen LogP contribution in [-0.2, 0) is 11.3 Å². The smallest absolute Gasteiger partial charge is 0.251 e. The molecule has 0 saturated carbocycles. The van der Waals surface area contributed by atoms with Crippen LogP contribution in [0.5, 0.6) is 0 Å². The van der Waals surface area contributed by atoms with Crippen LogP contribution < -0.4 is 10.6 Å². The van der Waals surface area contributed by atoms with Crippen molar-refractivity contribution < 1.29 is 9.59 Å². The number of benzene rings is 1. The molecule has 1 aromatic heterocycles. The number of amides is 2. The zero-order chi connectivity index (χ0) is 16.8. The Morgan fingerprint density at radius 3 is 2.57 bits per heavy atom. The molecule has 0 unspecified atom stereocenters. The van der Waals surface area contributed by atoms with Crippen LogP contribution >= 0.6 is 11.3 Å². The number of carbonyl (C=O) groups is 2. The predicted molar refractivity (Wildman–Crippen MR) is 93.4 cm³/mol. The molecule has 2 rings (SSSR count). The lowest BCUT2D eigenvalue weighted by atomic mass is 10.0. The Labute approximate surface area is 140 Å². The second-order valence-electron chi connectivity index (χ2n) is 5.86. The monoisotopic (exact) mass is 330 g/mol. The maximum absolute atomic E-state index is 12.4. The molecule has 0 bridgehead atoms. The Morgan fingerprint density at radius 1 is 1.17 bits per heavy atom. The van der Waals surface area contributed by atoms with Crippen LogP contribution in [0.3, 0.4) is 0 Å². The van der Waals surface area contributed by atoms with Crippen LogP contribution in [0.1, 0.15) is 34.6 Å². The van der Waals surface area contributed by atoms with Gasteiger partial charge in [-0.3, -0.25) is 9.59 Å². The summed E-state index contributed by atoms with van der Waals surface area (Å²) in [5, 5.41) is 7.71. The van der Waals surface area contributed by atoms with Gasteiger partial charge >= 0.3 is 0 Å². The van der Waals surface area contributed by atoms with E-state index >= 15 is 0 Å². The lowest BCUT2D eigenvalue weighted by Gasteiger charge is -2.21. The van der Waals surface area contributed by atoms with E-state index in [1.165, 1.54) is 0 Å². The number of hydrogen-bond acceptors (Lipinski definition) is 3. The Kier molecular flexibility index (Phi) is 5.93. The SMILES string of the molecule is Cc1cccc(C(=O)N[C@@H](C(=O)NCc2cccs2)C(C)C)c1. The first-order valence-corrected chi connectivity index (χ1v) is 8.53. The molecule has 2 N–H and O–H groups in total. The van der Waals surface area contributed by atoms with E-state index in [4.69, 9.17) is 0 Å². The molecule has 122 valence electrons. The van der Waals surface area contributed by atoms with Crippen molar-refractivity contribution in [2.45, 2.75) is 33.4 Å². The average molecular weight is 330 g/mol. The van der Waals surface area contributed by atoms with Gasteiger partial charge in [-0.2, -0.15) is 0 Å². The Balaban J connectivity index is 2.00. The van der Waals surface area contributed by atoms with Gasteiger partial charge in [-0.25, -0.2) is 0 Å². The average Bonchev–Trinajstić information content (AvgIpc) is 3.03. The highest BCUT2D eigenvalue weighted by molar-refractivity contribution is 7.09. The third-order valence-electron chi connectivity index (χ3n) is 3.53. The standard InChI is InChI=1S/C18H22N2O2S/c1-12(2)16(18(22)19-11-15-8-5-9-23-15)20-17(21)14-7-4-6-13(3)10-14/h4-10,12,16H,11H2,1-3H3,(H,19,22)(H,20,21)/t16-/m1/s1. The summed E-state index contributed by atoms with van der Waals surface area (Å²) in [6.45, 7) is 6.27. The van der Waals surface area contributed by atoms with E-state index in [1.54, 1.807) is 17.4 Å². The van der Waals surface area contributed by atoms with Crippen molar-refractivity contribution in [3.63, 3.8) is 0 Å². The van der Waals surface area contributed by atoms with E-state index < -0.39 is 6.04 Å². The van der Waals surface area contributed by atoms with Crippen molar-refractivity contribution in [1.29, 1.82) is 0 Å². The minimum atomic E-state index is -0.553. The molecule has 2 aromatic rings. The van der Waals surface area contributed by atoms with Gasteiger partial charge in [0.25, 0.3) is 5.91 Å². The van der Waals surface area contributed by atoms with E-state index in [-0.39, 0.29) is 17.7 Å².